The van der Waals surface area contributed by atoms with E-state index in [1.807, 2.05) is 31.2 Å². The lowest BCUT2D eigenvalue weighted by Crippen LogP contribution is -2.32. The smallest absolute Gasteiger partial charge is 0.277 e. The van der Waals surface area contributed by atoms with Crippen LogP contribution < -0.4 is 0 Å². The summed E-state index contributed by atoms with van der Waals surface area (Å²) in [6, 6.07) is 14.0. The number of aryl methyl sites for hydroxylation is 1. The molecule has 0 aliphatic heterocycles. The van der Waals surface area contributed by atoms with Crippen LogP contribution in [0.4, 0.5) is 4.39 Å². The SMILES string of the molecule is Cc1cccc(-c2nnc(S[C@@H](C)C(=O)N(C)Cc3cccc(F)c3)o2)c1. The van der Waals surface area contributed by atoms with Gasteiger partial charge in [-0.2, -0.15) is 0 Å². The number of aromatic nitrogens is 2. The largest absolute Gasteiger partial charge is 0.411 e. The molecular formula is C20H20FN3O2S. The number of carbonyl (C=O) groups excluding carboxylic acids is 1. The van der Waals surface area contributed by atoms with Crippen LogP contribution in [0.5, 0.6) is 0 Å². The zero-order valence-corrected chi connectivity index (χ0v) is 16.2. The Bertz CT molecular complexity index is 944. The molecule has 0 aliphatic carbocycles. The van der Waals surface area contributed by atoms with Crippen LogP contribution in [0.2, 0.25) is 0 Å². The quantitative estimate of drug-likeness (QED) is 0.591. The van der Waals surface area contributed by atoms with E-state index in [2.05, 4.69) is 10.2 Å². The van der Waals surface area contributed by atoms with Crippen LogP contribution in [0.25, 0.3) is 11.5 Å². The minimum absolute atomic E-state index is 0.0976. The standard InChI is InChI=1S/C20H20FN3O2S/c1-13-6-4-8-16(10-13)18-22-23-20(26-18)27-14(2)19(25)24(3)12-15-7-5-9-17(21)11-15/h4-11,14H,12H2,1-3H3/t14-/m0/s1. The van der Waals surface area contributed by atoms with Crippen molar-refractivity contribution in [1.82, 2.24) is 15.1 Å². The van der Waals surface area contributed by atoms with Gasteiger partial charge in [-0.3, -0.25) is 4.79 Å². The van der Waals surface area contributed by atoms with Crippen LogP contribution in [-0.4, -0.2) is 33.3 Å². The van der Waals surface area contributed by atoms with Gasteiger partial charge >= 0.3 is 0 Å². The van der Waals surface area contributed by atoms with Crippen molar-refractivity contribution >= 4 is 17.7 Å². The molecule has 27 heavy (non-hydrogen) atoms. The highest BCUT2D eigenvalue weighted by Gasteiger charge is 2.22. The normalized spacial score (nSPS) is 12.0. The van der Waals surface area contributed by atoms with Crippen molar-refractivity contribution in [3.05, 3.63) is 65.5 Å². The van der Waals surface area contributed by atoms with Gasteiger partial charge in [0.1, 0.15) is 5.82 Å². The number of nitrogens with zero attached hydrogens (tertiary/aromatic N) is 3. The van der Waals surface area contributed by atoms with Gasteiger partial charge < -0.3 is 9.32 Å². The van der Waals surface area contributed by atoms with Gasteiger partial charge in [-0.25, -0.2) is 4.39 Å². The number of benzene rings is 2. The van der Waals surface area contributed by atoms with Crippen molar-refractivity contribution < 1.29 is 13.6 Å². The highest BCUT2D eigenvalue weighted by atomic mass is 32.2. The molecular weight excluding hydrogens is 365 g/mol. The lowest BCUT2D eigenvalue weighted by molar-refractivity contribution is -0.129. The predicted molar refractivity (Wildman–Crippen MR) is 103 cm³/mol. The first-order valence-corrected chi connectivity index (χ1v) is 9.37. The molecule has 0 radical (unpaired) electrons. The maximum absolute atomic E-state index is 13.3. The fourth-order valence-electron chi connectivity index (χ4n) is 2.65. The highest BCUT2D eigenvalue weighted by Crippen LogP contribution is 2.27. The average Bonchev–Trinajstić information content (AvgIpc) is 3.09. The monoisotopic (exact) mass is 385 g/mol. The summed E-state index contributed by atoms with van der Waals surface area (Å²) in [5.41, 5.74) is 2.68. The van der Waals surface area contributed by atoms with Crippen molar-refractivity contribution in [3.8, 4) is 11.5 Å². The summed E-state index contributed by atoms with van der Waals surface area (Å²) in [6.45, 7) is 4.11. The number of rotatable bonds is 6. The van der Waals surface area contributed by atoms with Gasteiger partial charge in [0.25, 0.3) is 5.22 Å². The van der Waals surface area contributed by atoms with E-state index in [4.69, 9.17) is 4.42 Å². The van der Waals surface area contributed by atoms with E-state index in [1.54, 1.807) is 31.0 Å². The third-order valence-electron chi connectivity index (χ3n) is 3.98. The Kier molecular flexibility index (Phi) is 5.91. The molecule has 1 heterocycles. The molecule has 0 aliphatic rings. The van der Waals surface area contributed by atoms with Crippen molar-refractivity contribution in [2.75, 3.05) is 7.05 Å². The van der Waals surface area contributed by atoms with Crippen LogP contribution in [0.1, 0.15) is 18.1 Å². The summed E-state index contributed by atoms with van der Waals surface area (Å²) < 4.78 is 19.0. The molecule has 0 saturated heterocycles. The van der Waals surface area contributed by atoms with Gasteiger partial charge in [0, 0.05) is 19.2 Å². The van der Waals surface area contributed by atoms with Crippen LogP contribution in [-0.2, 0) is 11.3 Å². The third-order valence-corrected chi connectivity index (χ3v) is 4.90. The van der Waals surface area contributed by atoms with E-state index in [9.17, 15) is 9.18 Å². The van der Waals surface area contributed by atoms with Crippen LogP contribution in [0, 0.1) is 12.7 Å². The molecule has 0 spiro atoms. The van der Waals surface area contributed by atoms with Crippen LogP contribution >= 0.6 is 11.8 Å². The van der Waals surface area contributed by atoms with E-state index in [0.29, 0.717) is 17.7 Å². The fourth-order valence-corrected chi connectivity index (χ4v) is 3.45. The maximum Gasteiger partial charge on any atom is 0.277 e. The second-order valence-corrected chi connectivity index (χ2v) is 7.62. The molecule has 0 bridgehead atoms. The number of thioether (sulfide) groups is 1. The minimum Gasteiger partial charge on any atom is -0.411 e. The first-order chi connectivity index (χ1) is 12.9. The number of hydrogen-bond donors (Lipinski definition) is 0. The number of amides is 1. The Labute approximate surface area is 161 Å². The molecule has 1 aromatic heterocycles. The minimum atomic E-state index is -0.408. The number of carbonyl (C=O) groups is 1. The summed E-state index contributed by atoms with van der Waals surface area (Å²) >= 11 is 1.21. The van der Waals surface area contributed by atoms with Crippen LogP contribution in [0.15, 0.2) is 58.2 Å². The Balaban J connectivity index is 1.62. The molecule has 140 valence electrons. The average molecular weight is 385 g/mol. The predicted octanol–water partition coefficient (Wildman–Crippen LogP) is 4.32. The summed E-state index contributed by atoms with van der Waals surface area (Å²) in [6.07, 6.45) is 0. The summed E-state index contributed by atoms with van der Waals surface area (Å²) in [7, 11) is 1.69. The zero-order chi connectivity index (χ0) is 19.4. The topological polar surface area (TPSA) is 59.2 Å². The molecule has 0 unspecified atom stereocenters. The summed E-state index contributed by atoms with van der Waals surface area (Å²) in [5.74, 6) is 0.0128. The Morgan fingerprint density at radius 2 is 2.00 bits per heavy atom. The Hall–Kier alpha value is -2.67. The lowest BCUT2D eigenvalue weighted by Gasteiger charge is -2.20. The second-order valence-electron chi connectivity index (χ2n) is 6.33. The molecule has 3 rings (SSSR count). The molecule has 1 atom stereocenters. The molecule has 0 N–H and O–H groups in total. The molecule has 2 aromatic carbocycles. The van der Waals surface area contributed by atoms with Gasteiger partial charge in [0.15, 0.2) is 0 Å². The molecule has 7 heteroatoms. The van der Waals surface area contributed by atoms with E-state index in [-0.39, 0.29) is 11.7 Å². The van der Waals surface area contributed by atoms with Gasteiger partial charge in [-0.15, -0.1) is 10.2 Å². The number of halogens is 1. The van der Waals surface area contributed by atoms with E-state index >= 15 is 0 Å². The highest BCUT2D eigenvalue weighted by molar-refractivity contribution is 8.00. The van der Waals surface area contributed by atoms with Gasteiger partial charge in [0.2, 0.25) is 11.8 Å². The summed E-state index contributed by atoms with van der Waals surface area (Å²) in [5, 5.41) is 8.02. The first kappa shape index (κ1) is 19.1. The van der Waals surface area contributed by atoms with Gasteiger partial charge in [-0.05, 0) is 43.7 Å². The van der Waals surface area contributed by atoms with E-state index < -0.39 is 5.25 Å². The molecule has 0 fully saturated rings. The van der Waals surface area contributed by atoms with E-state index in [0.717, 1.165) is 16.7 Å². The first-order valence-electron chi connectivity index (χ1n) is 8.49. The second kappa shape index (κ2) is 8.35. The lowest BCUT2D eigenvalue weighted by atomic mass is 10.1. The molecule has 3 aromatic rings. The Morgan fingerprint density at radius 1 is 1.22 bits per heavy atom. The maximum atomic E-state index is 13.3. The van der Waals surface area contributed by atoms with Crippen molar-refractivity contribution in [3.63, 3.8) is 0 Å². The van der Waals surface area contributed by atoms with Gasteiger partial charge in [-0.1, -0.05) is 41.6 Å². The molecule has 0 saturated carbocycles. The van der Waals surface area contributed by atoms with Crippen LogP contribution in [0.3, 0.4) is 0 Å². The van der Waals surface area contributed by atoms with Crippen molar-refractivity contribution in [2.45, 2.75) is 30.9 Å². The fraction of sp³-hybridized carbons (Fsp3) is 0.250. The molecule has 5 nitrogen and oxygen atoms in total. The third kappa shape index (κ3) is 4.95. The van der Waals surface area contributed by atoms with Crippen molar-refractivity contribution in [1.29, 1.82) is 0 Å². The Morgan fingerprint density at radius 3 is 2.74 bits per heavy atom. The van der Waals surface area contributed by atoms with Crippen molar-refractivity contribution in [2.24, 2.45) is 0 Å². The molecule has 1 amide bonds. The summed E-state index contributed by atoms with van der Waals surface area (Å²) in [4.78, 5) is 14.1. The van der Waals surface area contributed by atoms with Gasteiger partial charge in [0.05, 0.1) is 5.25 Å². The van der Waals surface area contributed by atoms with E-state index in [1.165, 1.54) is 23.9 Å². The zero-order valence-electron chi connectivity index (χ0n) is 15.3. The number of hydrogen-bond acceptors (Lipinski definition) is 5.